The maximum atomic E-state index is 13.7. The molecule has 30 heavy (non-hydrogen) atoms. The smallest absolute Gasteiger partial charge is 0.258 e. The maximum Gasteiger partial charge on any atom is 0.258 e. The van der Waals surface area contributed by atoms with Gasteiger partial charge in [0.2, 0.25) is 5.91 Å². The molecule has 160 valence electrons. The monoisotopic (exact) mass is 413 g/mol. The van der Waals surface area contributed by atoms with Gasteiger partial charge < -0.3 is 14.8 Å². The molecular weight excluding hydrogens is 385 g/mol. The molecule has 4 heterocycles. The van der Waals surface area contributed by atoms with E-state index in [1.54, 1.807) is 6.92 Å². The molecule has 0 saturated carbocycles. The quantitative estimate of drug-likeness (QED) is 0.783. The van der Waals surface area contributed by atoms with Crippen molar-refractivity contribution >= 4 is 22.7 Å². The topological polar surface area (TPSA) is 69.6 Å². The second kappa shape index (κ2) is 7.35. The Morgan fingerprint density at radius 3 is 2.57 bits per heavy atom. The van der Waals surface area contributed by atoms with Gasteiger partial charge in [-0.2, -0.15) is 0 Å². The van der Waals surface area contributed by atoms with Crippen molar-refractivity contribution in [2.24, 2.45) is 18.9 Å². The lowest BCUT2D eigenvalue weighted by atomic mass is 10.0. The number of aryl methyl sites for hydroxylation is 1. The van der Waals surface area contributed by atoms with Crippen LogP contribution in [0.5, 0.6) is 0 Å². The Balaban J connectivity index is 1.20. The lowest BCUT2D eigenvalue weighted by Crippen LogP contribution is -2.67. The standard InChI is InChI=1S/C22H28FN5O2/c1-13-20(23)21(30)25-22(24-13)28-11-15-9-27(10-16(15)12-28)19(29)7-14-8-26(2)18-6-4-3-5-17(14)18/h3-6,8,13,15-16,20,22,24H,7,9-12H2,1-2H3,(H,25,30). The van der Waals surface area contributed by atoms with E-state index in [0.717, 1.165) is 42.6 Å². The molecule has 3 aliphatic rings. The molecule has 2 aromatic rings. The fraction of sp³-hybridized carbons (Fsp3) is 0.545. The van der Waals surface area contributed by atoms with Crippen LogP contribution < -0.4 is 10.6 Å². The molecule has 5 atom stereocenters. The Labute approximate surface area is 175 Å². The van der Waals surface area contributed by atoms with Crippen LogP contribution in [0.25, 0.3) is 10.9 Å². The zero-order valence-electron chi connectivity index (χ0n) is 17.3. The van der Waals surface area contributed by atoms with E-state index in [1.165, 1.54) is 0 Å². The maximum absolute atomic E-state index is 13.7. The number of nitrogens with one attached hydrogen (secondary N) is 2. The summed E-state index contributed by atoms with van der Waals surface area (Å²) in [4.78, 5) is 29.0. The third-order valence-corrected chi connectivity index (χ3v) is 6.94. The summed E-state index contributed by atoms with van der Waals surface area (Å²) in [5.41, 5.74) is 2.21. The van der Waals surface area contributed by atoms with Crippen LogP contribution in [0.4, 0.5) is 4.39 Å². The molecule has 1 aromatic heterocycles. The first-order valence-electron chi connectivity index (χ1n) is 10.7. The molecule has 3 fully saturated rings. The number of hydrogen-bond donors (Lipinski definition) is 2. The molecule has 5 unspecified atom stereocenters. The second-order valence-electron chi connectivity index (χ2n) is 9.00. The van der Waals surface area contributed by atoms with Crippen molar-refractivity contribution in [2.45, 2.75) is 31.8 Å². The highest BCUT2D eigenvalue weighted by atomic mass is 19.1. The highest BCUT2D eigenvalue weighted by Crippen LogP contribution is 2.33. The second-order valence-corrected chi connectivity index (χ2v) is 9.00. The minimum absolute atomic E-state index is 0.172. The molecule has 1 aromatic carbocycles. The third kappa shape index (κ3) is 3.28. The number of benzene rings is 1. The predicted molar refractivity (Wildman–Crippen MR) is 111 cm³/mol. The molecule has 3 saturated heterocycles. The number of carbonyl (C=O) groups excluding carboxylic acids is 2. The number of rotatable bonds is 3. The number of para-hydroxylation sites is 1. The first-order chi connectivity index (χ1) is 14.4. The number of hydrogen-bond acceptors (Lipinski definition) is 4. The summed E-state index contributed by atoms with van der Waals surface area (Å²) >= 11 is 0. The van der Waals surface area contributed by atoms with Crippen molar-refractivity contribution in [1.82, 2.24) is 25.0 Å². The van der Waals surface area contributed by atoms with E-state index in [1.807, 2.05) is 24.1 Å². The van der Waals surface area contributed by atoms with Gasteiger partial charge in [-0.25, -0.2) is 4.39 Å². The molecule has 0 radical (unpaired) electrons. The third-order valence-electron chi connectivity index (χ3n) is 6.94. The van der Waals surface area contributed by atoms with Gasteiger partial charge in [0.05, 0.1) is 6.42 Å². The average Bonchev–Trinajstić information content (AvgIpc) is 3.38. The van der Waals surface area contributed by atoms with Crippen LogP contribution in [-0.4, -0.2) is 70.9 Å². The van der Waals surface area contributed by atoms with Crippen molar-refractivity contribution in [3.05, 3.63) is 36.0 Å². The lowest BCUT2D eigenvalue weighted by Gasteiger charge is -2.37. The summed E-state index contributed by atoms with van der Waals surface area (Å²) in [6.07, 6.45) is 0.633. The van der Waals surface area contributed by atoms with Crippen LogP contribution in [0, 0.1) is 11.8 Å². The molecule has 7 nitrogen and oxygen atoms in total. The Kier molecular flexibility index (Phi) is 4.78. The molecule has 3 aliphatic heterocycles. The molecule has 2 amide bonds. The summed E-state index contributed by atoms with van der Waals surface area (Å²) < 4.78 is 15.8. The zero-order chi connectivity index (χ0) is 21.0. The Morgan fingerprint density at radius 1 is 1.17 bits per heavy atom. The van der Waals surface area contributed by atoms with Gasteiger partial charge in [0, 0.05) is 56.4 Å². The Morgan fingerprint density at radius 2 is 1.87 bits per heavy atom. The van der Waals surface area contributed by atoms with Gasteiger partial charge >= 0.3 is 0 Å². The number of fused-ring (bicyclic) bond motifs is 2. The van der Waals surface area contributed by atoms with Gasteiger partial charge in [0.1, 0.15) is 6.29 Å². The van der Waals surface area contributed by atoms with Crippen molar-refractivity contribution in [2.75, 3.05) is 26.2 Å². The number of carbonyl (C=O) groups is 2. The van der Waals surface area contributed by atoms with E-state index in [4.69, 9.17) is 0 Å². The van der Waals surface area contributed by atoms with Crippen LogP contribution in [0.2, 0.25) is 0 Å². The molecule has 2 N–H and O–H groups in total. The van der Waals surface area contributed by atoms with Gasteiger partial charge in [-0.05, 0) is 30.4 Å². The van der Waals surface area contributed by atoms with E-state index in [2.05, 4.69) is 38.4 Å². The SMILES string of the molecule is CC1NC(N2CC3CN(C(=O)Cc4cn(C)c5ccccc45)CC3C2)NC(=O)C1F. The van der Waals surface area contributed by atoms with Crippen LogP contribution >= 0.6 is 0 Å². The van der Waals surface area contributed by atoms with Gasteiger partial charge in [-0.3, -0.25) is 19.8 Å². The molecule has 0 aliphatic carbocycles. The van der Waals surface area contributed by atoms with Crippen LogP contribution in [0.1, 0.15) is 12.5 Å². The lowest BCUT2D eigenvalue weighted by molar-refractivity contribution is -0.133. The van der Waals surface area contributed by atoms with Crippen molar-refractivity contribution in [3.63, 3.8) is 0 Å². The summed E-state index contributed by atoms with van der Waals surface area (Å²) in [6.45, 7) is 4.77. The molecule has 5 rings (SSSR count). The molecule has 8 heteroatoms. The van der Waals surface area contributed by atoms with Gasteiger partial charge in [-0.15, -0.1) is 0 Å². The minimum atomic E-state index is -1.51. The van der Waals surface area contributed by atoms with Crippen molar-refractivity contribution < 1.29 is 14.0 Å². The minimum Gasteiger partial charge on any atom is -0.350 e. The Hall–Kier alpha value is -2.45. The number of nitrogens with zero attached hydrogens (tertiary/aromatic N) is 3. The first kappa shape index (κ1) is 19.5. The van der Waals surface area contributed by atoms with Gasteiger partial charge in [-0.1, -0.05) is 18.2 Å². The van der Waals surface area contributed by atoms with E-state index in [9.17, 15) is 14.0 Å². The number of likely N-dealkylation sites (tertiary alicyclic amines) is 2. The van der Waals surface area contributed by atoms with Crippen LogP contribution in [0.15, 0.2) is 30.5 Å². The van der Waals surface area contributed by atoms with Crippen LogP contribution in [0.3, 0.4) is 0 Å². The highest BCUT2D eigenvalue weighted by molar-refractivity contribution is 5.89. The first-order valence-corrected chi connectivity index (χ1v) is 10.7. The number of halogens is 1. The summed E-state index contributed by atoms with van der Waals surface area (Å²) in [5.74, 6) is 0.401. The predicted octanol–water partition coefficient (Wildman–Crippen LogP) is 0.841. The van der Waals surface area contributed by atoms with E-state index >= 15 is 0 Å². The van der Waals surface area contributed by atoms with E-state index < -0.39 is 18.1 Å². The number of alkyl halides is 1. The van der Waals surface area contributed by atoms with Crippen molar-refractivity contribution in [1.29, 1.82) is 0 Å². The summed E-state index contributed by atoms with van der Waals surface area (Å²) in [6, 6.07) is 7.67. The number of amides is 2. The number of aromatic nitrogens is 1. The zero-order valence-corrected chi connectivity index (χ0v) is 17.3. The normalized spacial score (nSPS) is 31.9. The van der Waals surface area contributed by atoms with Gasteiger partial charge in [0.15, 0.2) is 6.17 Å². The Bertz CT molecular complexity index is 977. The summed E-state index contributed by atoms with van der Waals surface area (Å²) in [5, 5.41) is 7.02. The van der Waals surface area contributed by atoms with E-state index in [-0.39, 0.29) is 12.2 Å². The highest BCUT2D eigenvalue weighted by Gasteiger charge is 2.45. The van der Waals surface area contributed by atoms with Crippen LogP contribution in [-0.2, 0) is 23.1 Å². The molecular formula is C22H28FN5O2. The van der Waals surface area contributed by atoms with Gasteiger partial charge in [0.25, 0.3) is 5.91 Å². The summed E-state index contributed by atoms with van der Waals surface area (Å²) in [7, 11) is 2.01. The average molecular weight is 413 g/mol. The molecule has 0 spiro atoms. The fourth-order valence-electron chi connectivity index (χ4n) is 5.30. The fourth-order valence-corrected chi connectivity index (χ4v) is 5.30. The molecule has 0 bridgehead atoms. The van der Waals surface area contributed by atoms with E-state index in [0.29, 0.717) is 18.3 Å². The largest absolute Gasteiger partial charge is 0.350 e. The van der Waals surface area contributed by atoms with Crippen molar-refractivity contribution in [3.8, 4) is 0 Å².